The Bertz CT molecular complexity index is 185. The molecule has 82 valence electrons. The SMILES string of the molecule is C.CCCCCCCCS(=O)(=O)[O-]. The first kappa shape index (κ1) is 15.4. The molecule has 0 aromatic heterocycles. The van der Waals surface area contributed by atoms with Crippen LogP contribution in [0.15, 0.2) is 0 Å². The Balaban J connectivity index is 0. The Hall–Kier alpha value is -0.0900. The third-order valence-electron chi connectivity index (χ3n) is 1.75. The van der Waals surface area contributed by atoms with E-state index in [1.165, 1.54) is 12.8 Å². The minimum absolute atomic E-state index is 0. The lowest BCUT2D eigenvalue weighted by atomic mass is 10.1. The van der Waals surface area contributed by atoms with Gasteiger partial charge < -0.3 is 4.55 Å². The first-order valence-corrected chi connectivity index (χ1v) is 6.07. The second-order valence-corrected chi connectivity index (χ2v) is 4.55. The lowest BCUT2D eigenvalue weighted by molar-refractivity contribution is 0.459. The smallest absolute Gasteiger partial charge is 0.0945 e. The molecule has 0 aliphatic heterocycles. The van der Waals surface area contributed by atoms with Gasteiger partial charge in [0.25, 0.3) is 0 Å². The summed E-state index contributed by atoms with van der Waals surface area (Å²) in [6, 6.07) is 0. The minimum atomic E-state index is -3.97. The van der Waals surface area contributed by atoms with Gasteiger partial charge in [0.2, 0.25) is 0 Å². The number of hydrogen-bond acceptors (Lipinski definition) is 3. The lowest BCUT2D eigenvalue weighted by Crippen LogP contribution is -2.03. The standard InChI is InChI=1S/C8H18O3S.CH4/c1-2-3-4-5-6-7-8-12(9,10)11;/h2-8H2,1H3,(H,9,10,11);1H4/p-1. The summed E-state index contributed by atoms with van der Waals surface area (Å²) in [6.45, 7) is 2.13. The number of hydrogen-bond donors (Lipinski definition) is 0. The van der Waals surface area contributed by atoms with E-state index in [2.05, 4.69) is 6.92 Å². The van der Waals surface area contributed by atoms with Crippen LogP contribution in [0, 0.1) is 0 Å². The van der Waals surface area contributed by atoms with E-state index in [1.54, 1.807) is 0 Å². The van der Waals surface area contributed by atoms with E-state index in [-0.39, 0.29) is 13.2 Å². The van der Waals surface area contributed by atoms with Gasteiger partial charge >= 0.3 is 0 Å². The Morgan fingerprint density at radius 1 is 1.00 bits per heavy atom. The molecule has 0 aromatic rings. The quantitative estimate of drug-likeness (QED) is 0.478. The fourth-order valence-corrected chi connectivity index (χ4v) is 1.62. The lowest BCUT2D eigenvalue weighted by Gasteiger charge is -2.05. The first-order valence-electron chi connectivity index (χ1n) is 4.50. The van der Waals surface area contributed by atoms with Crippen molar-refractivity contribution in [2.45, 2.75) is 52.9 Å². The van der Waals surface area contributed by atoms with E-state index in [0.717, 1.165) is 19.3 Å². The van der Waals surface area contributed by atoms with E-state index in [9.17, 15) is 13.0 Å². The molecule has 0 radical (unpaired) electrons. The van der Waals surface area contributed by atoms with Crippen LogP contribution in [-0.4, -0.2) is 18.7 Å². The van der Waals surface area contributed by atoms with Crippen molar-refractivity contribution < 1.29 is 13.0 Å². The molecule has 0 saturated carbocycles. The van der Waals surface area contributed by atoms with Crippen LogP contribution in [0.1, 0.15) is 52.9 Å². The van der Waals surface area contributed by atoms with Crippen LogP contribution in [0.3, 0.4) is 0 Å². The normalized spacial score (nSPS) is 10.9. The van der Waals surface area contributed by atoms with Gasteiger partial charge in [0.1, 0.15) is 0 Å². The van der Waals surface area contributed by atoms with E-state index < -0.39 is 10.1 Å². The topological polar surface area (TPSA) is 57.2 Å². The average molecular weight is 209 g/mol. The predicted molar refractivity (Wildman–Crippen MR) is 54.7 cm³/mol. The van der Waals surface area contributed by atoms with Gasteiger partial charge in [0, 0.05) is 5.75 Å². The van der Waals surface area contributed by atoms with Crippen LogP contribution in [0.4, 0.5) is 0 Å². The fourth-order valence-electron chi connectivity index (χ4n) is 1.06. The third-order valence-corrected chi connectivity index (χ3v) is 2.54. The minimum Gasteiger partial charge on any atom is -0.748 e. The van der Waals surface area contributed by atoms with Crippen molar-refractivity contribution in [1.82, 2.24) is 0 Å². The highest BCUT2D eigenvalue weighted by Gasteiger charge is 1.94. The molecule has 0 N–H and O–H groups in total. The average Bonchev–Trinajstić information content (AvgIpc) is 1.94. The molecule has 3 nitrogen and oxygen atoms in total. The van der Waals surface area contributed by atoms with Crippen LogP contribution in [0.25, 0.3) is 0 Å². The van der Waals surface area contributed by atoms with Gasteiger partial charge in [-0.2, -0.15) is 0 Å². The molecule has 0 bridgehead atoms. The van der Waals surface area contributed by atoms with Gasteiger partial charge in [-0.1, -0.05) is 46.5 Å². The molecule has 0 saturated heterocycles. The summed E-state index contributed by atoms with van der Waals surface area (Å²) >= 11 is 0. The maximum Gasteiger partial charge on any atom is 0.0945 e. The summed E-state index contributed by atoms with van der Waals surface area (Å²) in [5.74, 6) is -0.195. The molecule has 13 heavy (non-hydrogen) atoms. The molecule has 0 atom stereocenters. The van der Waals surface area contributed by atoms with Crippen molar-refractivity contribution in [3.05, 3.63) is 0 Å². The van der Waals surface area contributed by atoms with Crippen molar-refractivity contribution in [1.29, 1.82) is 0 Å². The Morgan fingerprint density at radius 3 is 1.92 bits per heavy atom. The molecule has 4 heteroatoms. The highest BCUT2D eigenvalue weighted by atomic mass is 32.2. The van der Waals surface area contributed by atoms with Crippen molar-refractivity contribution in [3.63, 3.8) is 0 Å². The van der Waals surface area contributed by atoms with Crippen LogP contribution in [0.2, 0.25) is 0 Å². The van der Waals surface area contributed by atoms with Crippen molar-refractivity contribution in [2.75, 3.05) is 5.75 Å². The summed E-state index contributed by atoms with van der Waals surface area (Å²) < 4.78 is 30.5. The van der Waals surface area contributed by atoms with E-state index in [4.69, 9.17) is 0 Å². The number of unbranched alkanes of at least 4 members (excludes halogenated alkanes) is 5. The highest BCUT2D eigenvalue weighted by molar-refractivity contribution is 7.85. The second kappa shape index (κ2) is 8.51. The Kier molecular flexibility index (Phi) is 10.1. The van der Waals surface area contributed by atoms with Gasteiger partial charge in [-0.15, -0.1) is 0 Å². The Labute approximate surface area is 82.3 Å². The van der Waals surface area contributed by atoms with Gasteiger partial charge in [-0.05, 0) is 6.42 Å². The molecule has 0 spiro atoms. The molecule has 0 heterocycles. The summed E-state index contributed by atoms with van der Waals surface area (Å²) in [4.78, 5) is 0. The largest absolute Gasteiger partial charge is 0.748 e. The highest BCUT2D eigenvalue weighted by Crippen LogP contribution is 2.05. The summed E-state index contributed by atoms with van der Waals surface area (Å²) in [5, 5.41) is 0. The third kappa shape index (κ3) is 14.7. The van der Waals surface area contributed by atoms with Crippen LogP contribution in [0.5, 0.6) is 0 Å². The summed E-state index contributed by atoms with van der Waals surface area (Å²) in [7, 11) is -3.97. The first-order chi connectivity index (χ1) is 5.56. The van der Waals surface area contributed by atoms with Crippen LogP contribution >= 0.6 is 0 Å². The molecule has 0 aromatic carbocycles. The second-order valence-electron chi connectivity index (χ2n) is 3.03. The van der Waals surface area contributed by atoms with Gasteiger partial charge in [0.05, 0.1) is 10.1 Å². The van der Waals surface area contributed by atoms with E-state index >= 15 is 0 Å². The zero-order valence-corrected chi connectivity index (χ0v) is 8.40. The molecular formula is C9H21O3S-. The van der Waals surface area contributed by atoms with Crippen LogP contribution in [-0.2, 0) is 10.1 Å². The van der Waals surface area contributed by atoms with E-state index in [0.29, 0.717) is 6.42 Å². The molecule has 0 rings (SSSR count). The van der Waals surface area contributed by atoms with Gasteiger partial charge in [-0.3, -0.25) is 0 Å². The number of rotatable bonds is 7. The predicted octanol–water partition coefficient (Wildman–Crippen LogP) is 2.53. The monoisotopic (exact) mass is 209 g/mol. The summed E-state index contributed by atoms with van der Waals surface area (Å²) in [6.07, 6.45) is 5.96. The maximum absolute atomic E-state index is 10.2. The molecule has 0 aliphatic rings. The Morgan fingerprint density at radius 2 is 1.46 bits per heavy atom. The van der Waals surface area contributed by atoms with Crippen LogP contribution < -0.4 is 0 Å². The maximum atomic E-state index is 10.2. The molecule has 0 unspecified atom stereocenters. The fraction of sp³-hybridized carbons (Fsp3) is 1.00. The molecule has 0 fully saturated rings. The van der Waals surface area contributed by atoms with E-state index in [1.807, 2.05) is 0 Å². The van der Waals surface area contributed by atoms with Gasteiger partial charge in [0.15, 0.2) is 0 Å². The van der Waals surface area contributed by atoms with Crippen molar-refractivity contribution >= 4 is 10.1 Å². The molecule has 0 aliphatic carbocycles. The molecule has 0 amide bonds. The zero-order chi connectivity index (χ0) is 9.45. The zero-order valence-electron chi connectivity index (χ0n) is 7.58. The van der Waals surface area contributed by atoms with Crippen molar-refractivity contribution in [3.8, 4) is 0 Å². The van der Waals surface area contributed by atoms with Crippen molar-refractivity contribution in [2.24, 2.45) is 0 Å². The van der Waals surface area contributed by atoms with Gasteiger partial charge in [-0.25, -0.2) is 8.42 Å². The molecular weight excluding hydrogens is 188 g/mol. The summed E-state index contributed by atoms with van der Waals surface area (Å²) in [5.41, 5.74) is 0.